The third-order valence-corrected chi connectivity index (χ3v) is 4.06. The van der Waals surface area contributed by atoms with Crippen LogP contribution in [0.3, 0.4) is 0 Å². The predicted molar refractivity (Wildman–Crippen MR) is 77.0 cm³/mol. The molecular formula is C14H14BrN3O. The molecule has 0 radical (unpaired) electrons. The first-order valence-electron chi connectivity index (χ1n) is 6.20. The zero-order valence-corrected chi connectivity index (χ0v) is 12.1. The molecule has 2 aromatic rings. The van der Waals surface area contributed by atoms with Crippen LogP contribution in [0.15, 0.2) is 34.8 Å². The lowest BCUT2D eigenvalue weighted by Crippen LogP contribution is -2.27. The number of hydrogen-bond acceptors (Lipinski definition) is 2. The fourth-order valence-electron chi connectivity index (χ4n) is 2.26. The minimum Gasteiger partial charge on any atom is -0.308 e. The number of rotatable bonds is 3. The Balaban J connectivity index is 1.81. The number of amides is 1. The maximum absolute atomic E-state index is 12.4. The number of halogens is 1. The molecule has 0 unspecified atom stereocenters. The fraction of sp³-hybridized carbons (Fsp3) is 0.286. The number of nitrogens with one attached hydrogen (secondary N) is 2. The summed E-state index contributed by atoms with van der Waals surface area (Å²) in [5, 5.41) is 9.75. The average molecular weight is 320 g/mol. The highest BCUT2D eigenvalue weighted by Gasteiger charge is 2.51. The van der Waals surface area contributed by atoms with Crippen molar-refractivity contribution in [1.29, 1.82) is 0 Å². The molecule has 4 nitrogen and oxygen atoms in total. The normalized spacial score (nSPS) is 16.1. The van der Waals surface area contributed by atoms with Crippen LogP contribution < -0.4 is 5.32 Å². The molecule has 1 aliphatic rings. The maximum atomic E-state index is 12.4. The van der Waals surface area contributed by atoms with Gasteiger partial charge in [0.25, 0.3) is 0 Å². The molecule has 0 bridgehead atoms. The summed E-state index contributed by atoms with van der Waals surface area (Å²) >= 11 is 3.41. The Morgan fingerprint density at radius 1 is 1.37 bits per heavy atom. The molecule has 3 rings (SSSR count). The van der Waals surface area contributed by atoms with E-state index < -0.39 is 0 Å². The van der Waals surface area contributed by atoms with Gasteiger partial charge in [-0.2, -0.15) is 5.10 Å². The van der Waals surface area contributed by atoms with Crippen LogP contribution in [0.4, 0.5) is 5.82 Å². The zero-order chi connectivity index (χ0) is 13.5. The molecule has 0 saturated heterocycles. The molecule has 5 heteroatoms. The van der Waals surface area contributed by atoms with Crippen LogP contribution in [0.1, 0.15) is 24.1 Å². The highest BCUT2D eigenvalue weighted by atomic mass is 79.9. The van der Waals surface area contributed by atoms with Crippen molar-refractivity contribution in [2.24, 2.45) is 0 Å². The van der Waals surface area contributed by atoms with Gasteiger partial charge >= 0.3 is 0 Å². The van der Waals surface area contributed by atoms with Gasteiger partial charge in [0.05, 0.1) is 5.41 Å². The smallest absolute Gasteiger partial charge is 0.236 e. The van der Waals surface area contributed by atoms with Gasteiger partial charge in [0, 0.05) is 16.2 Å². The molecule has 1 aromatic heterocycles. The number of benzene rings is 1. The molecule has 19 heavy (non-hydrogen) atoms. The van der Waals surface area contributed by atoms with Crippen LogP contribution in [0.2, 0.25) is 0 Å². The van der Waals surface area contributed by atoms with E-state index in [0.717, 1.165) is 28.6 Å². The van der Waals surface area contributed by atoms with E-state index in [1.165, 1.54) is 0 Å². The van der Waals surface area contributed by atoms with Crippen LogP contribution in [-0.2, 0) is 10.2 Å². The van der Waals surface area contributed by atoms with Crippen molar-refractivity contribution >= 4 is 27.7 Å². The van der Waals surface area contributed by atoms with E-state index in [2.05, 4.69) is 31.4 Å². The standard InChI is InChI=1S/C14H14BrN3O/c1-9-8-12(18-17-9)16-13(19)14(6-7-14)10-2-4-11(15)5-3-10/h2-5,8H,6-7H2,1H3,(H2,16,17,18,19). The fourth-order valence-corrected chi connectivity index (χ4v) is 2.52. The summed E-state index contributed by atoms with van der Waals surface area (Å²) in [6.07, 6.45) is 1.79. The summed E-state index contributed by atoms with van der Waals surface area (Å²) in [7, 11) is 0. The summed E-state index contributed by atoms with van der Waals surface area (Å²) in [4.78, 5) is 12.4. The molecule has 0 spiro atoms. The molecule has 1 amide bonds. The van der Waals surface area contributed by atoms with Gasteiger partial charge in [-0.1, -0.05) is 28.1 Å². The van der Waals surface area contributed by atoms with E-state index in [4.69, 9.17) is 0 Å². The van der Waals surface area contributed by atoms with Crippen LogP contribution in [0.5, 0.6) is 0 Å². The second kappa shape index (κ2) is 4.49. The van der Waals surface area contributed by atoms with Gasteiger partial charge in [-0.3, -0.25) is 9.89 Å². The van der Waals surface area contributed by atoms with E-state index in [-0.39, 0.29) is 11.3 Å². The van der Waals surface area contributed by atoms with Crippen LogP contribution >= 0.6 is 15.9 Å². The van der Waals surface area contributed by atoms with Gasteiger partial charge in [0.15, 0.2) is 5.82 Å². The first-order chi connectivity index (χ1) is 9.10. The molecule has 0 atom stereocenters. The molecule has 2 N–H and O–H groups in total. The lowest BCUT2D eigenvalue weighted by atomic mass is 9.95. The number of H-pyrrole nitrogens is 1. The van der Waals surface area contributed by atoms with Crippen LogP contribution in [0, 0.1) is 6.92 Å². The predicted octanol–water partition coefficient (Wildman–Crippen LogP) is 3.15. The Labute approximate surface area is 119 Å². The summed E-state index contributed by atoms with van der Waals surface area (Å²) in [5.41, 5.74) is 1.64. The molecule has 98 valence electrons. The topological polar surface area (TPSA) is 57.8 Å². The minimum atomic E-state index is -0.368. The van der Waals surface area contributed by atoms with Gasteiger partial charge in [-0.25, -0.2) is 0 Å². The number of hydrogen-bond donors (Lipinski definition) is 2. The number of carbonyl (C=O) groups excluding carboxylic acids is 1. The third kappa shape index (κ3) is 2.30. The van der Waals surface area contributed by atoms with E-state index in [9.17, 15) is 4.79 Å². The monoisotopic (exact) mass is 319 g/mol. The van der Waals surface area contributed by atoms with Gasteiger partial charge in [0.1, 0.15) is 0 Å². The van der Waals surface area contributed by atoms with E-state index in [1.807, 2.05) is 37.3 Å². The molecular weight excluding hydrogens is 306 g/mol. The van der Waals surface area contributed by atoms with Crippen LogP contribution in [-0.4, -0.2) is 16.1 Å². The van der Waals surface area contributed by atoms with Gasteiger partial charge < -0.3 is 5.32 Å². The van der Waals surface area contributed by atoms with E-state index >= 15 is 0 Å². The van der Waals surface area contributed by atoms with E-state index in [0.29, 0.717) is 5.82 Å². The van der Waals surface area contributed by atoms with Crippen LogP contribution in [0.25, 0.3) is 0 Å². The van der Waals surface area contributed by atoms with Crippen molar-refractivity contribution in [3.05, 3.63) is 46.1 Å². The molecule has 0 aliphatic heterocycles. The van der Waals surface area contributed by atoms with Gasteiger partial charge in [-0.05, 0) is 37.5 Å². The summed E-state index contributed by atoms with van der Waals surface area (Å²) in [5.74, 6) is 0.618. The highest BCUT2D eigenvalue weighted by Crippen LogP contribution is 2.49. The Kier molecular flexibility index (Phi) is 2.93. The Hall–Kier alpha value is -1.62. The van der Waals surface area contributed by atoms with Gasteiger partial charge in [0.2, 0.25) is 5.91 Å². The van der Waals surface area contributed by atoms with Crippen molar-refractivity contribution < 1.29 is 4.79 Å². The molecule has 1 fully saturated rings. The molecule has 1 heterocycles. The molecule has 1 aliphatic carbocycles. The Morgan fingerprint density at radius 2 is 2.05 bits per heavy atom. The molecule has 1 saturated carbocycles. The molecule has 1 aromatic carbocycles. The Morgan fingerprint density at radius 3 is 2.58 bits per heavy atom. The summed E-state index contributed by atoms with van der Waals surface area (Å²) < 4.78 is 1.02. The van der Waals surface area contributed by atoms with Gasteiger partial charge in [-0.15, -0.1) is 0 Å². The number of aromatic nitrogens is 2. The third-order valence-electron chi connectivity index (χ3n) is 3.53. The number of aromatic amines is 1. The zero-order valence-electron chi connectivity index (χ0n) is 10.5. The van der Waals surface area contributed by atoms with Crippen molar-refractivity contribution in [3.8, 4) is 0 Å². The summed E-state index contributed by atoms with van der Waals surface area (Å²) in [6.45, 7) is 1.91. The number of carbonyl (C=O) groups is 1. The first kappa shape index (κ1) is 12.4. The largest absolute Gasteiger partial charge is 0.308 e. The maximum Gasteiger partial charge on any atom is 0.236 e. The lowest BCUT2D eigenvalue weighted by molar-refractivity contribution is -0.118. The van der Waals surface area contributed by atoms with Crippen molar-refractivity contribution in [3.63, 3.8) is 0 Å². The second-order valence-corrected chi connectivity index (χ2v) is 5.89. The van der Waals surface area contributed by atoms with Crippen molar-refractivity contribution in [2.45, 2.75) is 25.2 Å². The number of aryl methyl sites for hydroxylation is 1. The summed E-state index contributed by atoms with van der Waals surface area (Å²) in [6, 6.07) is 9.79. The SMILES string of the molecule is Cc1cc(NC(=O)C2(c3ccc(Br)cc3)CC2)n[nH]1. The van der Waals surface area contributed by atoms with E-state index in [1.54, 1.807) is 0 Å². The quantitative estimate of drug-likeness (QED) is 0.913. The Bertz CT molecular complexity index is 614. The average Bonchev–Trinajstić information content (AvgIpc) is 3.10. The first-order valence-corrected chi connectivity index (χ1v) is 6.99. The lowest BCUT2D eigenvalue weighted by Gasteiger charge is -2.14. The highest BCUT2D eigenvalue weighted by molar-refractivity contribution is 9.10. The second-order valence-electron chi connectivity index (χ2n) is 4.98. The number of anilines is 1. The van der Waals surface area contributed by atoms with Crippen molar-refractivity contribution in [1.82, 2.24) is 10.2 Å². The van der Waals surface area contributed by atoms with Crippen molar-refractivity contribution in [2.75, 3.05) is 5.32 Å². The minimum absolute atomic E-state index is 0.0290. The number of nitrogens with zero attached hydrogens (tertiary/aromatic N) is 1.